The fourth-order valence-electron chi connectivity index (χ4n) is 8.25. The number of carbonyl (C=O) groups is 2. The van der Waals surface area contributed by atoms with E-state index < -0.39 is 17.1 Å². The van der Waals surface area contributed by atoms with E-state index in [1.165, 1.54) is 7.11 Å². The van der Waals surface area contributed by atoms with Crippen LogP contribution in [0, 0.1) is 36.5 Å². The molecule has 1 aliphatic carbocycles. The van der Waals surface area contributed by atoms with Crippen LogP contribution in [0.2, 0.25) is 0 Å². The van der Waals surface area contributed by atoms with Crippen molar-refractivity contribution in [3.8, 4) is 11.8 Å². The van der Waals surface area contributed by atoms with Gasteiger partial charge >= 0.3 is 5.97 Å². The number of hydrogen-bond acceptors (Lipinski definition) is 9. The van der Waals surface area contributed by atoms with Crippen molar-refractivity contribution in [3.05, 3.63) is 82.7 Å². The number of aryl methyl sites for hydroxylation is 2. The van der Waals surface area contributed by atoms with E-state index in [0.717, 1.165) is 86.9 Å². The second kappa shape index (κ2) is 14.2. The third-order valence-corrected chi connectivity index (χ3v) is 12.2. The molecular weight excluding hydrogens is 640 g/mol. The molecule has 1 N–H and O–H groups in total. The van der Waals surface area contributed by atoms with E-state index in [9.17, 15) is 14.9 Å². The maximum absolute atomic E-state index is 13.5. The minimum Gasteiger partial charge on any atom is -0.487 e. The number of pyridine rings is 1. The molecule has 10 heteroatoms. The molecule has 0 spiro atoms. The molecule has 3 fully saturated rings. The highest BCUT2D eigenvalue weighted by atomic mass is 16.5. The van der Waals surface area contributed by atoms with Crippen molar-refractivity contribution in [1.29, 1.82) is 5.26 Å². The number of rotatable bonds is 9. The van der Waals surface area contributed by atoms with E-state index in [2.05, 4.69) is 70.9 Å². The van der Waals surface area contributed by atoms with Crippen molar-refractivity contribution >= 4 is 23.3 Å². The van der Waals surface area contributed by atoms with E-state index in [1.807, 2.05) is 44.2 Å². The minimum absolute atomic E-state index is 0.0717. The van der Waals surface area contributed by atoms with Gasteiger partial charge in [0.1, 0.15) is 17.0 Å². The molecular formula is C41H52N6O4. The van der Waals surface area contributed by atoms with Gasteiger partial charge in [0.2, 0.25) is 0 Å². The Morgan fingerprint density at radius 1 is 0.902 bits per heavy atom. The first-order valence-electron chi connectivity index (χ1n) is 18.2. The Balaban J connectivity index is 0.960. The number of piperazine rings is 1. The van der Waals surface area contributed by atoms with Crippen LogP contribution in [0.25, 0.3) is 0 Å². The van der Waals surface area contributed by atoms with Gasteiger partial charge in [-0.25, -0.2) is 9.78 Å². The molecule has 0 radical (unpaired) electrons. The molecule has 2 saturated heterocycles. The summed E-state index contributed by atoms with van der Waals surface area (Å²) in [5.41, 5.74) is 4.42. The Kier molecular flexibility index (Phi) is 10.1. The normalized spacial score (nSPS) is 23.6. The van der Waals surface area contributed by atoms with Crippen molar-refractivity contribution in [2.75, 3.05) is 62.7 Å². The van der Waals surface area contributed by atoms with E-state index >= 15 is 0 Å². The first-order valence-corrected chi connectivity index (χ1v) is 18.2. The molecule has 2 atom stereocenters. The van der Waals surface area contributed by atoms with Gasteiger partial charge in [0.05, 0.1) is 36.2 Å². The molecule has 270 valence electrons. The number of esters is 1. The van der Waals surface area contributed by atoms with Crippen LogP contribution in [0.1, 0.15) is 84.5 Å². The standard InChI is InChI=1S/C41H52N6O4/c1-28-22-34(23-29(2)35(28)24-42)51-41(6)27-40(5,39(41,3)4)44-37(48)31-8-10-32(11-9-31)46-16-14-30(15-17-46)26-45-18-20-47(21-19-45)33-12-13-36(43-25-33)38(49)50-7/h8-13,22-23,25,30H,14-21,26-27H2,1-7H3,(H,44,48). The predicted octanol–water partition coefficient (Wildman–Crippen LogP) is 6.15. The largest absolute Gasteiger partial charge is 0.487 e. The van der Waals surface area contributed by atoms with Crippen LogP contribution >= 0.6 is 0 Å². The first kappa shape index (κ1) is 36.2. The van der Waals surface area contributed by atoms with Crippen molar-refractivity contribution in [1.82, 2.24) is 15.2 Å². The lowest BCUT2D eigenvalue weighted by molar-refractivity contribution is -0.180. The fraction of sp³-hybridized carbons (Fsp3) is 0.512. The Morgan fingerprint density at radius 3 is 2.06 bits per heavy atom. The van der Waals surface area contributed by atoms with Gasteiger partial charge < -0.3 is 24.6 Å². The highest BCUT2D eigenvalue weighted by molar-refractivity contribution is 5.95. The Morgan fingerprint density at radius 2 is 1.51 bits per heavy atom. The van der Waals surface area contributed by atoms with Crippen LogP contribution in [-0.4, -0.2) is 85.8 Å². The van der Waals surface area contributed by atoms with E-state index in [-0.39, 0.29) is 11.3 Å². The number of methoxy groups -OCH3 is 1. The lowest BCUT2D eigenvalue weighted by atomic mass is 9.48. The number of hydrogen-bond donors (Lipinski definition) is 1. The summed E-state index contributed by atoms with van der Waals surface area (Å²) in [6.45, 7) is 19.4. The zero-order valence-corrected chi connectivity index (χ0v) is 31.2. The molecule has 3 aromatic rings. The zero-order valence-electron chi connectivity index (χ0n) is 31.2. The average molecular weight is 693 g/mol. The number of piperidine rings is 1. The molecule has 0 bridgehead atoms. The minimum atomic E-state index is -0.481. The highest BCUT2D eigenvalue weighted by Crippen LogP contribution is 2.58. The second-order valence-corrected chi connectivity index (χ2v) is 15.6. The summed E-state index contributed by atoms with van der Waals surface area (Å²) in [7, 11) is 1.37. The van der Waals surface area contributed by atoms with Gasteiger partial charge in [0.25, 0.3) is 5.91 Å². The number of carbonyl (C=O) groups excluding carboxylic acids is 2. The summed E-state index contributed by atoms with van der Waals surface area (Å²) >= 11 is 0. The average Bonchev–Trinajstić information content (AvgIpc) is 3.12. The molecule has 3 aliphatic rings. The summed E-state index contributed by atoms with van der Waals surface area (Å²) in [5.74, 6) is 0.941. The molecule has 1 aromatic heterocycles. The topological polar surface area (TPSA) is 111 Å². The van der Waals surface area contributed by atoms with E-state index in [1.54, 1.807) is 12.3 Å². The van der Waals surface area contributed by atoms with Gasteiger partial charge in [-0.3, -0.25) is 9.69 Å². The van der Waals surface area contributed by atoms with Gasteiger partial charge in [-0.1, -0.05) is 13.8 Å². The molecule has 2 aliphatic heterocycles. The fourth-order valence-corrected chi connectivity index (χ4v) is 8.25. The Hall–Kier alpha value is -4.62. The van der Waals surface area contributed by atoms with Gasteiger partial charge in [-0.05, 0) is 106 Å². The lowest BCUT2D eigenvalue weighted by Gasteiger charge is -2.65. The van der Waals surface area contributed by atoms with Gasteiger partial charge in [0.15, 0.2) is 0 Å². The molecule has 51 heavy (non-hydrogen) atoms. The maximum Gasteiger partial charge on any atom is 0.356 e. The van der Waals surface area contributed by atoms with Gasteiger partial charge in [-0.15, -0.1) is 0 Å². The summed E-state index contributed by atoms with van der Waals surface area (Å²) < 4.78 is 11.3. The second-order valence-electron chi connectivity index (χ2n) is 15.6. The van der Waals surface area contributed by atoms with Crippen LogP contribution in [-0.2, 0) is 4.74 Å². The molecule has 1 amide bonds. The number of aromatic nitrogens is 1. The quantitative estimate of drug-likeness (QED) is 0.264. The van der Waals surface area contributed by atoms with Crippen molar-refractivity contribution in [3.63, 3.8) is 0 Å². The molecule has 2 aromatic carbocycles. The Labute approximate surface area is 302 Å². The number of nitrogens with zero attached hydrogens (tertiary/aromatic N) is 5. The van der Waals surface area contributed by atoms with Gasteiger partial charge in [0, 0.05) is 68.9 Å². The third kappa shape index (κ3) is 7.14. The van der Waals surface area contributed by atoms with Crippen molar-refractivity contribution in [2.24, 2.45) is 11.3 Å². The van der Waals surface area contributed by atoms with E-state index in [0.29, 0.717) is 29.2 Å². The summed E-state index contributed by atoms with van der Waals surface area (Å²) in [6, 6.07) is 17.9. The molecule has 3 heterocycles. The number of nitrogens with one attached hydrogen (secondary N) is 1. The molecule has 10 nitrogen and oxygen atoms in total. The number of benzene rings is 2. The smallest absolute Gasteiger partial charge is 0.356 e. The first-order chi connectivity index (χ1) is 24.3. The number of nitriles is 1. The summed E-state index contributed by atoms with van der Waals surface area (Å²) in [6.07, 6.45) is 4.73. The molecule has 1 saturated carbocycles. The number of ether oxygens (including phenoxy) is 2. The lowest BCUT2D eigenvalue weighted by Crippen LogP contribution is -2.77. The summed E-state index contributed by atoms with van der Waals surface area (Å²) in [5, 5.41) is 12.8. The van der Waals surface area contributed by atoms with Crippen LogP contribution in [0.4, 0.5) is 11.4 Å². The highest BCUT2D eigenvalue weighted by Gasteiger charge is 2.67. The van der Waals surface area contributed by atoms with Crippen molar-refractivity contribution in [2.45, 2.75) is 71.9 Å². The molecule has 2 unspecified atom stereocenters. The van der Waals surface area contributed by atoms with E-state index in [4.69, 9.17) is 9.47 Å². The summed E-state index contributed by atoms with van der Waals surface area (Å²) in [4.78, 5) is 36.8. The predicted molar refractivity (Wildman–Crippen MR) is 200 cm³/mol. The molecule has 6 rings (SSSR count). The number of anilines is 2. The number of amides is 1. The zero-order chi connectivity index (χ0) is 36.6. The van der Waals surface area contributed by atoms with Crippen molar-refractivity contribution < 1.29 is 19.1 Å². The van der Waals surface area contributed by atoms with Crippen LogP contribution in [0.5, 0.6) is 5.75 Å². The van der Waals surface area contributed by atoms with Crippen LogP contribution in [0.15, 0.2) is 54.7 Å². The van der Waals surface area contributed by atoms with Crippen LogP contribution < -0.4 is 19.9 Å². The van der Waals surface area contributed by atoms with Gasteiger partial charge in [-0.2, -0.15) is 5.26 Å². The SMILES string of the molecule is COC(=O)c1ccc(N2CCN(CC3CCN(c4ccc(C(=O)NC5(C)CC(C)(Oc6cc(C)c(C#N)c(C)c6)C5(C)C)cc4)CC3)CC2)cn1. The Bertz CT molecular complexity index is 1760. The maximum atomic E-state index is 13.5. The third-order valence-electron chi connectivity index (χ3n) is 12.2. The monoisotopic (exact) mass is 692 g/mol. The van der Waals surface area contributed by atoms with Crippen LogP contribution in [0.3, 0.4) is 0 Å².